The maximum atomic E-state index is 11.7. The van der Waals surface area contributed by atoms with Crippen molar-refractivity contribution in [2.24, 2.45) is 5.92 Å². The molecular formula is C14H23N3O4. The zero-order valence-electron chi connectivity index (χ0n) is 12.7. The van der Waals surface area contributed by atoms with Crippen LogP contribution in [-0.4, -0.2) is 41.8 Å². The molecule has 0 aliphatic rings. The van der Waals surface area contributed by atoms with Crippen LogP contribution < -0.4 is 10.6 Å². The van der Waals surface area contributed by atoms with Gasteiger partial charge in [0.05, 0.1) is 5.69 Å². The van der Waals surface area contributed by atoms with Gasteiger partial charge in [-0.15, -0.1) is 0 Å². The van der Waals surface area contributed by atoms with Crippen molar-refractivity contribution >= 4 is 17.7 Å². The fourth-order valence-electron chi connectivity index (χ4n) is 1.72. The number of aromatic nitrogens is 1. The lowest BCUT2D eigenvalue weighted by Gasteiger charge is -2.08. The Kier molecular flexibility index (Phi) is 6.74. The van der Waals surface area contributed by atoms with E-state index in [1.807, 2.05) is 0 Å². The predicted molar refractivity (Wildman–Crippen MR) is 79.8 cm³/mol. The van der Waals surface area contributed by atoms with Gasteiger partial charge in [0.15, 0.2) is 0 Å². The normalized spacial score (nSPS) is 10.7. The van der Waals surface area contributed by atoms with Crippen molar-refractivity contribution in [2.45, 2.75) is 27.2 Å². The molecule has 1 rings (SSSR count). The van der Waals surface area contributed by atoms with Crippen LogP contribution in [0.1, 0.15) is 36.5 Å². The SMILES string of the molecule is Cc1cc(NC(=O)NCCCOCC(C)C)c(C(=O)O)[nH]1. The molecule has 118 valence electrons. The highest BCUT2D eigenvalue weighted by molar-refractivity contribution is 5.99. The highest BCUT2D eigenvalue weighted by Gasteiger charge is 2.14. The Morgan fingerprint density at radius 3 is 2.76 bits per heavy atom. The molecule has 1 heterocycles. The third kappa shape index (κ3) is 6.31. The summed E-state index contributed by atoms with van der Waals surface area (Å²) in [5.41, 5.74) is 0.904. The van der Waals surface area contributed by atoms with Crippen molar-refractivity contribution in [1.29, 1.82) is 0 Å². The molecule has 4 N–H and O–H groups in total. The number of nitrogens with one attached hydrogen (secondary N) is 3. The van der Waals surface area contributed by atoms with Gasteiger partial charge in [-0.25, -0.2) is 9.59 Å². The molecule has 0 saturated heterocycles. The Hall–Kier alpha value is -2.02. The quantitative estimate of drug-likeness (QED) is 0.552. The second kappa shape index (κ2) is 8.31. The van der Waals surface area contributed by atoms with Gasteiger partial charge in [-0.1, -0.05) is 13.8 Å². The number of carboxylic acids is 1. The number of ether oxygens (including phenoxy) is 1. The average molecular weight is 297 g/mol. The summed E-state index contributed by atoms with van der Waals surface area (Å²) in [6.07, 6.45) is 0.706. The van der Waals surface area contributed by atoms with Crippen LogP contribution in [0.5, 0.6) is 0 Å². The number of hydrogen-bond donors (Lipinski definition) is 4. The fourth-order valence-corrected chi connectivity index (χ4v) is 1.72. The van der Waals surface area contributed by atoms with Crippen molar-refractivity contribution < 1.29 is 19.4 Å². The summed E-state index contributed by atoms with van der Waals surface area (Å²) in [6, 6.07) is 1.15. The zero-order chi connectivity index (χ0) is 15.8. The van der Waals surface area contributed by atoms with E-state index >= 15 is 0 Å². The molecule has 7 nitrogen and oxygen atoms in total. The highest BCUT2D eigenvalue weighted by atomic mass is 16.5. The number of amides is 2. The average Bonchev–Trinajstić information content (AvgIpc) is 2.74. The maximum Gasteiger partial charge on any atom is 0.354 e. The number of anilines is 1. The topological polar surface area (TPSA) is 103 Å². The first-order valence-corrected chi connectivity index (χ1v) is 6.95. The minimum atomic E-state index is -1.11. The standard InChI is InChI=1S/C14H23N3O4/c1-9(2)8-21-6-4-5-15-14(20)17-11-7-10(3)16-12(11)13(18)19/h7,9,16H,4-6,8H2,1-3H3,(H,18,19)(H2,15,17,20). The highest BCUT2D eigenvalue weighted by Crippen LogP contribution is 2.16. The summed E-state index contributed by atoms with van der Waals surface area (Å²) in [6.45, 7) is 7.63. The molecule has 0 atom stereocenters. The molecule has 0 aromatic carbocycles. The summed E-state index contributed by atoms with van der Waals surface area (Å²) in [5, 5.41) is 14.2. The van der Waals surface area contributed by atoms with E-state index in [2.05, 4.69) is 29.5 Å². The van der Waals surface area contributed by atoms with E-state index in [9.17, 15) is 9.59 Å². The van der Waals surface area contributed by atoms with Gasteiger partial charge in [0, 0.05) is 25.5 Å². The van der Waals surface area contributed by atoms with Crippen molar-refractivity contribution in [3.8, 4) is 0 Å². The van der Waals surface area contributed by atoms with Gasteiger partial charge in [-0.2, -0.15) is 0 Å². The molecule has 7 heteroatoms. The number of carbonyl (C=O) groups is 2. The van der Waals surface area contributed by atoms with Gasteiger partial charge in [-0.3, -0.25) is 0 Å². The third-order valence-electron chi connectivity index (χ3n) is 2.62. The lowest BCUT2D eigenvalue weighted by Crippen LogP contribution is -2.30. The van der Waals surface area contributed by atoms with Crippen LogP contribution >= 0.6 is 0 Å². The number of aryl methyl sites for hydroxylation is 1. The molecule has 1 aromatic rings. The van der Waals surface area contributed by atoms with E-state index in [4.69, 9.17) is 9.84 Å². The Bertz CT molecular complexity index is 483. The van der Waals surface area contributed by atoms with E-state index in [1.54, 1.807) is 13.0 Å². The van der Waals surface area contributed by atoms with Crippen LogP contribution in [0.25, 0.3) is 0 Å². The lowest BCUT2D eigenvalue weighted by atomic mass is 10.2. The largest absolute Gasteiger partial charge is 0.477 e. The number of aromatic carboxylic acids is 1. The van der Waals surface area contributed by atoms with E-state index in [0.717, 1.165) is 0 Å². The van der Waals surface area contributed by atoms with Gasteiger partial charge in [-0.05, 0) is 25.3 Å². The van der Waals surface area contributed by atoms with Crippen molar-refractivity contribution in [2.75, 3.05) is 25.1 Å². The smallest absolute Gasteiger partial charge is 0.354 e. The first-order chi connectivity index (χ1) is 9.90. The molecule has 21 heavy (non-hydrogen) atoms. The minimum Gasteiger partial charge on any atom is -0.477 e. The van der Waals surface area contributed by atoms with E-state index in [1.165, 1.54) is 0 Å². The molecule has 0 bridgehead atoms. The van der Waals surface area contributed by atoms with Gasteiger partial charge >= 0.3 is 12.0 Å². The Morgan fingerprint density at radius 1 is 1.43 bits per heavy atom. The number of H-pyrrole nitrogens is 1. The van der Waals surface area contributed by atoms with Crippen LogP contribution in [0.15, 0.2) is 6.07 Å². The summed E-state index contributed by atoms with van der Waals surface area (Å²) in [5.74, 6) is -0.618. The molecule has 0 radical (unpaired) electrons. The van der Waals surface area contributed by atoms with Crippen LogP contribution in [0.2, 0.25) is 0 Å². The molecule has 0 fully saturated rings. The minimum absolute atomic E-state index is 0.0251. The number of hydrogen-bond acceptors (Lipinski definition) is 3. The van der Waals surface area contributed by atoms with E-state index < -0.39 is 12.0 Å². The monoisotopic (exact) mass is 297 g/mol. The molecule has 0 spiro atoms. The van der Waals surface area contributed by atoms with Crippen LogP contribution in [-0.2, 0) is 4.74 Å². The number of carboxylic acid groups (broad SMARTS) is 1. The zero-order valence-corrected chi connectivity index (χ0v) is 12.7. The summed E-state index contributed by atoms with van der Waals surface area (Å²) >= 11 is 0. The Labute approximate surface area is 124 Å². The summed E-state index contributed by atoms with van der Waals surface area (Å²) in [4.78, 5) is 25.3. The van der Waals surface area contributed by atoms with Crippen LogP contribution in [0.3, 0.4) is 0 Å². The molecule has 0 unspecified atom stereocenters. The van der Waals surface area contributed by atoms with Crippen molar-refractivity contribution in [3.05, 3.63) is 17.5 Å². The van der Waals surface area contributed by atoms with Gasteiger partial charge in [0.1, 0.15) is 5.69 Å². The van der Waals surface area contributed by atoms with Crippen molar-refractivity contribution in [1.82, 2.24) is 10.3 Å². The predicted octanol–water partition coefficient (Wildman–Crippen LogP) is 2.21. The second-order valence-electron chi connectivity index (χ2n) is 5.25. The first kappa shape index (κ1) is 17.0. The summed E-state index contributed by atoms with van der Waals surface area (Å²) in [7, 11) is 0. The summed E-state index contributed by atoms with van der Waals surface area (Å²) < 4.78 is 5.39. The molecule has 0 aliphatic heterocycles. The van der Waals surface area contributed by atoms with E-state index in [0.29, 0.717) is 37.8 Å². The van der Waals surface area contributed by atoms with E-state index in [-0.39, 0.29) is 11.4 Å². The number of carbonyl (C=O) groups excluding carboxylic acids is 1. The van der Waals surface area contributed by atoms with Crippen molar-refractivity contribution in [3.63, 3.8) is 0 Å². The molecule has 1 aromatic heterocycles. The van der Waals surface area contributed by atoms with Gasteiger partial charge in [0.2, 0.25) is 0 Å². The first-order valence-electron chi connectivity index (χ1n) is 6.95. The molecular weight excluding hydrogens is 274 g/mol. The third-order valence-corrected chi connectivity index (χ3v) is 2.62. The number of urea groups is 1. The number of rotatable bonds is 8. The molecule has 2 amide bonds. The Balaban J connectivity index is 2.29. The second-order valence-corrected chi connectivity index (χ2v) is 5.25. The molecule has 0 aliphatic carbocycles. The van der Waals surface area contributed by atoms with Crippen LogP contribution in [0.4, 0.5) is 10.5 Å². The Morgan fingerprint density at radius 2 is 2.14 bits per heavy atom. The van der Waals surface area contributed by atoms with Gasteiger partial charge < -0.3 is 25.5 Å². The number of aromatic amines is 1. The molecule has 0 saturated carbocycles. The maximum absolute atomic E-state index is 11.7. The van der Waals surface area contributed by atoms with Gasteiger partial charge in [0.25, 0.3) is 0 Å². The lowest BCUT2D eigenvalue weighted by molar-refractivity contribution is 0.0692. The fraction of sp³-hybridized carbons (Fsp3) is 0.571. The van der Waals surface area contributed by atoms with Crippen LogP contribution in [0, 0.1) is 12.8 Å².